The lowest BCUT2D eigenvalue weighted by atomic mass is 9.82. The van der Waals surface area contributed by atoms with Gasteiger partial charge < -0.3 is 4.43 Å². The van der Waals surface area contributed by atoms with E-state index in [4.69, 9.17) is 4.43 Å². The quantitative estimate of drug-likeness (QED) is 0.529. The Bertz CT molecular complexity index is 379. The molecule has 1 nitrogen and oxygen atoms in total. The predicted molar refractivity (Wildman–Crippen MR) is 83.6 cm³/mol. The van der Waals surface area contributed by atoms with Gasteiger partial charge in [-0.15, -0.1) is 0 Å². The predicted octanol–water partition coefficient (Wildman–Crippen LogP) is 4.86. The van der Waals surface area contributed by atoms with Gasteiger partial charge in [-0.3, -0.25) is 0 Å². The summed E-state index contributed by atoms with van der Waals surface area (Å²) in [4.78, 5) is 0. The molecule has 0 aromatic rings. The molecule has 108 valence electrons. The Kier molecular flexibility index (Phi) is 3.26. The van der Waals surface area contributed by atoms with Crippen LogP contribution in [0.3, 0.4) is 0 Å². The third kappa shape index (κ3) is 2.25. The highest BCUT2D eigenvalue weighted by Gasteiger charge is 2.51. The van der Waals surface area contributed by atoms with Crippen LogP contribution in [0.15, 0.2) is 12.2 Å². The fourth-order valence-corrected chi connectivity index (χ4v) is 5.46. The van der Waals surface area contributed by atoms with Crippen LogP contribution in [-0.2, 0) is 4.43 Å². The van der Waals surface area contributed by atoms with Crippen molar-refractivity contribution >= 4 is 8.32 Å². The lowest BCUT2D eigenvalue weighted by Gasteiger charge is -2.38. The molecular weight excluding hydrogens is 248 g/mol. The van der Waals surface area contributed by atoms with Crippen molar-refractivity contribution in [1.82, 2.24) is 0 Å². The van der Waals surface area contributed by atoms with Crippen molar-refractivity contribution in [2.75, 3.05) is 6.61 Å². The van der Waals surface area contributed by atoms with Crippen LogP contribution in [-0.4, -0.2) is 14.9 Å². The Morgan fingerprint density at radius 1 is 1.11 bits per heavy atom. The maximum atomic E-state index is 6.51. The number of allylic oxidation sites excluding steroid dienone is 2. The van der Waals surface area contributed by atoms with Gasteiger partial charge in [0.25, 0.3) is 0 Å². The van der Waals surface area contributed by atoms with Gasteiger partial charge in [-0.05, 0) is 67.0 Å². The average Bonchev–Trinajstić information content (AvgIpc) is 2.98. The minimum Gasteiger partial charge on any atom is -0.417 e. The zero-order valence-corrected chi connectivity index (χ0v) is 14.3. The van der Waals surface area contributed by atoms with Crippen LogP contribution in [0.5, 0.6) is 0 Å². The highest BCUT2D eigenvalue weighted by atomic mass is 28.4. The van der Waals surface area contributed by atoms with E-state index in [1.54, 1.807) is 0 Å². The molecule has 0 unspecified atom stereocenters. The normalized spacial score (nSPS) is 41.0. The Morgan fingerprint density at radius 2 is 1.79 bits per heavy atom. The fraction of sp³-hybridized carbons (Fsp3) is 0.882. The molecular formula is C17H30OSi. The molecule has 5 atom stereocenters. The van der Waals surface area contributed by atoms with Crippen LogP contribution in [0.1, 0.15) is 40.0 Å². The summed E-state index contributed by atoms with van der Waals surface area (Å²) in [5, 5.41) is 0.347. The first-order valence-corrected chi connectivity index (χ1v) is 11.0. The summed E-state index contributed by atoms with van der Waals surface area (Å²) in [5.41, 5.74) is 0. The Morgan fingerprint density at radius 3 is 2.47 bits per heavy atom. The van der Waals surface area contributed by atoms with E-state index in [0.29, 0.717) is 5.04 Å². The first-order chi connectivity index (χ1) is 8.79. The van der Waals surface area contributed by atoms with Gasteiger partial charge in [0, 0.05) is 6.61 Å². The van der Waals surface area contributed by atoms with E-state index in [1.165, 1.54) is 19.3 Å². The molecule has 2 heteroatoms. The largest absolute Gasteiger partial charge is 0.417 e. The second-order valence-corrected chi connectivity index (χ2v) is 13.4. The van der Waals surface area contributed by atoms with E-state index in [-0.39, 0.29) is 0 Å². The summed E-state index contributed by atoms with van der Waals surface area (Å²) in [6.07, 6.45) is 9.34. The molecule has 0 spiro atoms. The second kappa shape index (κ2) is 4.46. The minimum absolute atomic E-state index is 0.347. The summed E-state index contributed by atoms with van der Waals surface area (Å²) in [7, 11) is -1.56. The number of hydrogen-bond acceptors (Lipinski definition) is 1. The molecule has 19 heavy (non-hydrogen) atoms. The van der Waals surface area contributed by atoms with E-state index in [0.717, 1.165) is 36.2 Å². The maximum Gasteiger partial charge on any atom is 0.191 e. The first-order valence-electron chi connectivity index (χ1n) is 8.12. The van der Waals surface area contributed by atoms with Crippen molar-refractivity contribution < 1.29 is 4.43 Å². The van der Waals surface area contributed by atoms with Crippen LogP contribution in [0.4, 0.5) is 0 Å². The standard InChI is InChI=1S/C17H30OSi/c1-17(2,3)19(4,5)18-11-14-8-9-15-12-6-7-13(10-12)16(14)15/h6-7,12-16H,8-11H2,1-5H3/t12-,13+,14+,15+,16+/m0/s1. The second-order valence-electron chi connectivity index (χ2n) is 8.60. The summed E-state index contributed by atoms with van der Waals surface area (Å²) < 4.78 is 6.51. The van der Waals surface area contributed by atoms with E-state index < -0.39 is 8.32 Å². The van der Waals surface area contributed by atoms with Gasteiger partial charge in [0.15, 0.2) is 8.32 Å². The van der Waals surface area contributed by atoms with E-state index in [1.807, 2.05) is 0 Å². The van der Waals surface area contributed by atoms with Gasteiger partial charge in [-0.25, -0.2) is 0 Å². The monoisotopic (exact) mass is 278 g/mol. The van der Waals surface area contributed by atoms with Crippen LogP contribution in [0.25, 0.3) is 0 Å². The summed E-state index contributed by atoms with van der Waals surface area (Å²) >= 11 is 0. The minimum atomic E-state index is -1.56. The Labute approximate surface area is 119 Å². The van der Waals surface area contributed by atoms with Gasteiger partial charge in [0.2, 0.25) is 0 Å². The van der Waals surface area contributed by atoms with Crippen molar-refractivity contribution in [3.05, 3.63) is 12.2 Å². The molecule has 3 aliphatic rings. The smallest absolute Gasteiger partial charge is 0.191 e. The molecule has 0 saturated heterocycles. The molecule has 0 aromatic heterocycles. The van der Waals surface area contributed by atoms with E-state index in [9.17, 15) is 0 Å². The third-order valence-corrected chi connectivity index (χ3v) is 11.1. The van der Waals surface area contributed by atoms with Crippen LogP contribution >= 0.6 is 0 Å². The maximum absolute atomic E-state index is 6.51. The highest BCUT2D eigenvalue weighted by molar-refractivity contribution is 6.74. The Balaban J connectivity index is 1.62. The van der Waals surface area contributed by atoms with E-state index >= 15 is 0 Å². The molecule has 2 saturated carbocycles. The van der Waals surface area contributed by atoms with Crippen molar-refractivity contribution in [2.24, 2.45) is 29.6 Å². The summed E-state index contributed by atoms with van der Waals surface area (Å²) in [5.74, 6) is 4.63. The SMILES string of the molecule is CC(C)(C)[Si](C)(C)OC[C@H]1CC[C@H]2[C@@H]1[C@@H]1C=C[C@H]2C1. The molecule has 2 bridgehead atoms. The van der Waals surface area contributed by atoms with Gasteiger partial charge in [-0.1, -0.05) is 32.9 Å². The van der Waals surface area contributed by atoms with Gasteiger partial charge >= 0.3 is 0 Å². The summed E-state index contributed by atoms with van der Waals surface area (Å²) in [6, 6.07) is 0. The lowest BCUT2D eigenvalue weighted by molar-refractivity contribution is 0.173. The molecule has 0 amide bonds. The van der Waals surface area contributed by atoms with Crippen LogP contribution in [0, 0.1) is 29.6 Å². The zero-order chi connectivity index (χ0) is 13.8. The molecule has 0 N–H and O–H groups in total. The fourth-order valence-electron chi connectivity index (χ4n) is 4.39. The number of fused-ring (bicyclic) bond motifs is 5. The number of rotatable bonds is 3. The molecule has 0 heterocycles. The molecule has 0 radical (unpaired) electrons. The lowest BCUT2D eigenvalue weighted by Crippen LogP contribution is -2.42. The summed E-state index contributed by atoms with van der Waals surface area (Å²) in [6.45, 7) is 12.8. The van der Waals surface area contributed by atoms with Crippen LogP contribution in [0.2, 0.25) is 18.1 Å². The zero-order valence-electron chi connectivity index (χ0n) is 13.3. The van der Waals surface area contributed by atoms with Crippen molar-refractivity contribution in [1.29, 1.82) is 0 Å². The molecule has 3 aliphatic carbocycles. The van der Waals surface area contributed by atoms with Gasteiger partial charge in [0.1, 0.15) is 0 Å². The van der Waals surface area contributed by atoms with Crippen molar-refractivity contribution in [3.8, 4) is 0 Å². The van der Waals surface area contributed by atoms with Crippen molar-refractivity contribution in [2.45, 2.75) is 58.2 Å². The third-order valence-electron chi connectivity index (χ3n) is 6.57. The molecule has 0 aliphatic heterocycles. The highest BCUT2D eigenvalue weighted by Crippen LogP contribution is 2.57. The van der Waals surface area contributed by atoms with Gasteiger partial charge in [0.05, 0.1) is 0 Å². The van der Waals surface area contributed by atoms with Gasteiger partial charge in [-0.2, -0.15) is 0 Å². The molecule has 3 rings (SSSR count). The molecule has 0 aromatic carbocycles. The number of hydrogen-bond donors (Lipinski definition) is 0. The topological polar surface area (TPSA) is 9.23 Å². The first kappa shape index (κ1) is 13.9. The van der Waals surface area contributed by atoms with Crippen LogP contribution < -0.4 is 0 Å². The average molecular weight is 279 g/mol. The Hall–Kier alpha value is -0.0831. The van der Waals surface area contributed by atoms with E-state index in [2.05, 4.69) is 46.0 Å². The molecule has 2 fully saturated rings. The van der Waals surface area contributed by atoms with Crippen molar-refractivity contribution in [3.63, 3.8) is 0 Å².